The van der Waals surface area contributed by atoms with E-state index in [1.807, 2.05) is 12.1 Å². The lowest BCUT2D eigenvalue weighted by Gasteiger charge is -2.09. The van der Waals surface area contributed by atoms with Crippen LogP contribution in [0, 0.1) is 29.5 Å². The highest BCUT2D eigenvalue weighted by molar-refractivity contribution is 5.40. The Labute approximate surface area is 174 Å². The van der Waals surface area contributed by atoms with Crippen molar-refractivity contribution in [2.75, 3.05) is 12.4 Å². The van der Waals surface area contributed by atoms with Gasteiger partial charge >= 0.3 is 0 Å². The van der Waals surface area contributed by atoms with Crippen molar-refractivity contribution in [3.05, 3.63) is 82.6 Å². The number of rotatable bonds is 6. The van der Waals surface area contributed by atoms with Crippen LogP contribution < -0.4 is 10.1 Å². The number of ether oxygens (including phenoxy) is 1. The van der Waals surface area contributed by atoms with Crippen LogP contribution in [0.1, 0.15) is 16.7 Å². The van der Waals surface area contributed by atoms with Crippen LogP contribution in [0.25, 0.3) is 0 Å². The smallest absolute Gasteiger partial charge is 0.251 e. The van der Waals surface area contributed by atoms with Gasteiger partial charge in [-0.3, -0.25) is 0 Å². The average Bonchev–Trinajstić information content (AvgIpc) is 2.77. The van der Waals surface area contributed by atoms with E-state index in [1.54, 1.807) is 19.2 Å². The Kier molecular flexibility index (Phi) is 8.64. The third kappa shape index (κ3) is 6.59. The first-order chi connectivity index (χ1) is 14.8. The molecule has 2 aromatic heterocycles. The maximum atomic E-state index is 13.2. The predicted octanol–water partition coefficient (Wildman–Crippen LogP) is 3.46. The van der Waals surface area contributed by atoms with Crippen molar-refractivity contribution in [1.82, 2.24) is 9.97 Å². The van der Waals surface area contributed by atoms with Crippen molar-refractivity contribution in [2.45, 2.75) is 19.8 Å². The maximum Gasteiger partial charge on any atom is 0.251 e. The lowest BCUT2D eigenvalue weighted by atomic mass is 10.2. The summed E-state index contributed by atoms with van der Waals surface area (Å²) >= 11 is 0. The number of anilines is 1. The molecular weight excluding hydrogens is 425 g/mol. The van der Waals surface area contributed by atoms with Crippen molar-refractivity contribution in [1.29, 1.82) is 0 Å². The molecule has 3 aromatic rings. The molecule has 3 N–H and O–H groups in total. The van der Waals surface area contributed by atoms with Crippen molar-refractivity contribution < 1.29 is 36.9 Å². The first-order valence-corrected chi connectivity index (χ1v) is 8.72. The molecule has 166 valence electrons. The normalized spacial score (nSPS) is 10.3. The topological polar surface area (TPSA) is 87.5 Å². The van der Waals surface area contributed by atoms with E-state index < -0.39 is 48.3 Å². The Bertz CT molecular complexity index is 1020. The highest BCUT2D eigenvalue weighted by Gasteiger charge is 2.12. The molecule has 2 heterocycles. The van der Waals surface area contributed by atoms with Gasteiger partial charge in [0.2, 0.25) is 5.95 Å². The second kappa shape index (κ2) is 11.2. The van der Waals surface area contributed by atoms with E-state index in [4.69, 9.17) is 14.9 Å². The minimum absolute atomic E-state index is 0.130. The summed E-state index contributed by atoms with van der Waals surface area (Å²) < 4.78 is 68.2. The van der Waals surface area contributed by atoms with Crippen LogP contribution in [-0.4, -0.2) is 27.3 Å². The van der Waals surface area contributed by atoms with Crippen LogP contribution in [0.5, 0.6) is 5.75 Å². The number of aliphatic hydroxyl groups is 2. The number of benzene rings is 1. The molecule has 0 aliphatic carbocycles. The number of nitrogens with zero attached hydrogens (tertiary/aromatic N) is 2. The predicted molar refractivity (Wildman–Crippen MR) is 100 cm³/mol. The summed E-state index contributed by atoms with van der Waals surface area (Å²) in [5, 5.41) is 20.2. The Hall–Kier alpha value is -3.31. The summed E-state index contributed by atoms with van der Waals surface area (Å²) in [6, 6.07) is 9.21. The summed E-state index contributed by atoms with van der Waals surface area (Å²) in [4.78, 5) is 6.00. The van der Waals surface area contributed by atoms with Gasteiger partial charge in [-0.2, -0.15) is 18.2 Å². The molecule has 0 amide bonds. The van der Waals surface area contributed by atoms with Gasteiger partial charge in [-0.15, -0.1) is 0 Å². The van der Waals surface area contributed by atoms with Gasteiger partial charge in [-0.05, 0) is 23.8 Å². The average molecular weight is 443 g/mol. The van der Waals surface area contributed by atoms with E-state index in [0.29, 0.717) is 12.6 Å². The molecular formula is C20H18F5N3O3. The van der Waals surface area contributed by atoms with Gasteiger partial charge in [-0.1, -0.05) is 12.1 Å². The summed E-state index contributed by atoms with van der Waals surface area (Å²) in [5.41, 5.74) is 0.368. The fourth-order valence-corrected chi connectivity index (χ4v) is 2.32. The van der Waals surface area contributed by atoms with Crippen molar-refractivity contribution in [3.8, 4) is 5.75 Å². The quantitative estimate of drug-likeness (QED) is 0.400. The molecule has 0 saturated heterocycles. The maximum absolute atomic E-state index is 13.2. The number of methoxy groups -OCH3 is 1. The molecule has 1 aromatic carbocycles. The molecule has 0 saturated carbocycles. The van der Waals surface area contributed by atoms with E-state index in [-0.39, 0.29) is 11.4 Å². The monoisotopic (exact) mass is 443 g/mol. The molecule has 3 rings (SSSR count). The molecule has 0 atom stereocenters. The zero-order chi connectivity index (χ0) is 23.0. The summed E-state index contributed by atoms with van der Waals surface area (Å²) in [7, 11) is 1.58. The highest BCUT2D eigenvalue weighted by atomic mass is 19.2. The minimum Gasteiger partial charge on any atom is -0.497 e. The second-order valence-corrected chi connectivity index (χ2v) is 6.00. The van der Waals surface area contributed by atoms with Gasteiger partial charge in [0.05, 0.1) is 20.3 Å². The van der Waals surface area contributed by atoms with Crippen LogP contribution >= 0.6 is 0 Å². The first kappa shape index (κ1) is 24.0. The molecule has 11 heteroatoms. The number of hydrogen-bond acceptors (Lipinski definition) is 6. The third-order valence-corrected chi connectivity index (χ3v) is 3.93. The van der Waals surface area contributed by atoms with Gasteiger partial charge < -0.3 is 20.3 Å². The van der Waals surface area contributed by atoms with E-state index in [0.717, 1.165) is 11.3 Å². The Morgan fingerprint density at radius 1 is 0.839 bits per heavy atom. The van der Waals surface area contributed by atoms with Crippen LogP contribution in [0.3, 0.4) is 0 Å². The highest BCUT2D eigenvalue weighted by Crippen LogP contribution is 2.17. The molecule has 0 bridgehead atoms. The van der Waals surface area contributed by atoms with E-state index in [9.17, 15) is 22.0 Å². The minimum atomic E-state index is -1.53. The van der Waals surface area contributed by atoms with E-state index in [2.05, 4.69) is 15.3 Å². The summed E-state index contributed by atoms with van der Waals surface area (Å²) in [6.07, 6.45) is 0. The van der Waals surface area contributed by atoms with Gasteiger partial charge in [0, 0.05) is 23.7 Å². The largest absolute Gasteiger partial charge is 0.497 e. The van der Waals surface area contributed by atoms with Gasteiger partial charge in [-0.25, -0.2) is 13.8 Å². The first-order valence-electron chi connectivity index (χ1n) is 8.72. The van der Waals surface area contributed by atoms with E-state index in [1.165, 1.54) is 6.07 Å². The summed E-state index contributed by atoms with van der Waals surface area (Å²) in [5.74, 6) is -5.43. The van der Waals surface area contributed by atoms with Crippen LogP contribution in [-0.2, 0) is 19.8 Å². The lowest BCUT2D eigenvalue weighted by molar-refractivity contribution is 0.270. The SMILES string of the molecule is COc1ccc(CNc2cc(CO)c(F)c(F)n2)cc1.OCc1cc(F)nc(F)c1F. The zero-order valence-electron chi connectivity index (χ0n) is 16.2. The Morgan fingerprint density at radius 2 is 1.39 bits per heavy atom. The standard InChI is InChI=1S/C14H14F2N2O2.C6H4F3NO/c1-20-11-4-2-9(3-5-11)7-17-12-6-10(8-19)13(15)14(16)18-12;7-4-1-3(2-11)5(8)6(9)10-4/h2-6,19H,7-8H2,1H3,(H,17,18);1,11H,2H2. The fraction of sp³-hybridized carbons (Fsp3) is 0.200. The van der Waals surface area contributed by atoms with E-state index >= 15 is 0 Å². The lowest BCUT2D eigenvalue weighted by Crippen LogP contribution is -2.06. The van der Waals surface area contributed by atoms with Gasteiger partial charge in [0.1, 0.15) is 11.6 Å². The van der Waals surface area contributed by atoms with Crippen molar-refractivity contribution in [2.24, 2.45) is 0 Å². The number of nitrogens with one attached hydrogen (secondary N) is 1. The van der Waals surface area contributed by atoms with Gasteiger partial charge in [0.15, 0.2) is 11.6 Å². The number of aromatic nitrogens is 2. The summed E-state index contributed by atoms with van der Waals surface area (Å²) in [6.45, 7) is -0.933. The molecule has 0 aliphatic rings. The fourth-order valence-electron chi connectivity index (χ4n) is 2.32. The second-order valence-electron chi connectivity index (χ2n) is 6.00. The van der Waals surface area contributed by atoms with Crippen LogP contribution in [0.2, 0.25) is 0 Å². The third-order valence-electron chi connectivity index (χ3n) is 3.93. The van der Waals surface area contributed by atoms with Crippen LogP contribution in [0.15, 0.2) is 36.4 Å². The Morgan fingerprint density at radius 3 is 1.94 bits per heavy atom. The van der Waals surface area contributed by atoms with Crippen molar-refractivity contribution in [3.63, 3.8) is 0 Å². The Balaban J connectivity index is 0.000000262. The number of pyridine rings is 2. The van der Waals surface area contributed by atoms with Crippen LogP contribution in [0.4, 0.5) is 27.8 Å². The molecule has 0 spiro atoms. The van der Waals surface area contributed by atoms with Crippen molar-refractivity contribution >= 4 is 5.82 Å². The number of aliphatic hydroxyl groups excluding tert-OH is 2. The number of hydrogen-bond donors (Lipinski definition) is 3. The molecule has 31 heavy (non-hydrogen) atoms. The molecule has 0 radical (unpaired) electrons. The molecule has 0 aliphatic heterocycles. The van der Waals surface area contributed by atoms with Gasteiger partial charge in [0.25, 0.3) is 11.9 Å². The molecule has 0 fully saturated rings. The molecule has 6 nitrogen and oxygen atoms in total. The number of halogens is 5. The molecule has 0 unspecified atom stereocenters. The zero-order valence-corrected chi connectivity index (χ0v) is 16.2.